The normalized spacial score (nSPS) is 14.1. The van der Waals surface area contributed by atoms with Crippen molar-refractivity contribution in [3.63, 3.8) is 0 Å². The van der Waals surface area contributed by atoms with E-state index in [1.165, 1.54) is 22.7 Å². The van der Waals surface area contributed by atoms with Crippen molar-refractivity contribution in [1.82, 2.24) is 9.88 Å². The van der Waals surface area contributed by atoms with Crippen LogP contribution in [0, 0.1) is 0 Å². The molecule has 1 aliphatic heterocycles. The van der Waals surface area contributed by atoms with Gasteiger partial charge < -0.3 is 10.6 Å². The predicted molar refractivity (Wildman–Crippen MR) is 64.4 cm³/mol. The Bertz CT molecular complexity index is 509. The molecule has 2 aromatic rings. The summed E-state index contributed by atoms with van der Waals surface area (Å²) in [4.78, 5) is 20.0. The van der Waals surface area contributed by atoms with Gasteiger partial charge in [0.15, 0.2) is 5.13 Å². The Hall–Kier alpha value is -1.40. The molecular weight excluding hydrogens is 242 g/mol. The highest BCUT2D eigenvalue weighted by molar-refractivity contribution is 7.15. The Morgan fingerprint density at radius 3 is 3.06 bits per heavy atom. The third-order valence-corrected chi connectivity index (χ3v) is 4.26. The number of anilines is 1. The van der Waals surface area contributed by atoms with Gasteiger partial charge in [0.1, 0.15) is 0 Å². The van der Waals surface area contributed by atoms with Crippen molar-refractivity contribution in [3.8, 4) is 0 Å². The van der Waals surface area contributed by atoms with Gasteiger partial charge in [0, 0.05) is 0 Å². The zero-order chi connectivity index (χ0) is 11.1. The molecule has 0 fully saturated rings. The van der Waals surface area contributed by atoms with E-state index >= 15 is 0 Å². The van der Waals surface area contributed by atoms with Crippen molar-refractivity contribution in [2.24, 2.45) is 0 Å². The number of nitrogen functional groups attached to an aromatic ring is 1. The molecule has 1 amide bonds. The first-order chi connectivity index (χ1) is 7.74. The summed E-state index contributed by atoms with van der Waals surface area (Å²) in [5.41, 5.74) is 6.56. The lowest BCUT2D eigenvalue weighted by atomic mass is 10.4. The van der Waals surface area contributed by atoms with Crippen LogP contribution in [0.1, 0.15) is 20.2 Å². The monoisotopic (exact) mass is 251 g/mol. The second-order valence-corrected chi connectivity index (χ2v) is 5.62. The maximum Gasteiger partial charge on any atom is 0.264 e. The Morgan fingerprint density at radius 1 is 1.50 bits per heavy atom. The van der Waals surface area contributed by atoms with Gasteiger partial charge in [-0.1, -0.05) is 6.07 Å². The maximum atomic E-state index is 12.0. The molecule has 3 rings (SSSR count). The van der Waals surface area contributed by atoms with Gasteiger partial charge in [0.25, 0.3) is 5.91 Å². The topological polar surface area (TPSA) is 59.2 Å². The summed E-state index contributed by atoms with van der Waals surface area (Å²) < 4.78 is 0. The van der Waals surface area contributed by atoms with Crippen molar-refractivity contribution in [2.75, 3.05) is 5.73 Å². The average molecular weight is 251 g/mol. The van der Waals surface area contributed by atoms with Gasteiger partial charge in [0.2, 0.25) is 0 Å². The number of nitrogens with two attached hydrogens (primary N) is 1. The molecule has 0 saturated carbocycles. The molecule has 6 heteroatoms. The number of thiazole rings is 1. The zero-order valence-electron chi connectivity index (χ0n) is 8.34. The Labute approximate surface area is 100 Å². The van der Waals surface area contributed by atoms with Gasteiger partial charge in [0.05, 0.1) is 28.5 Å². The van der Waals surface area contributed by atoms with Crippen LogP contribution in [0.2, 0.25) is 0 Å². The molecule has 0 saturated heterocycles. The molecule has 82 valence electrons. The van der Waals surface area contributed by atoms with Gasteiger partial charge >= 0.3 is 0 Å². The second-order valence-electron chi connectivity index (χ2n) is 3.56. The Balaban J connectivity index is 1.81. The van der Waals surface area contributed by atoms with Crippen molar-refractivity contribution in [3.05, 3.63) is 33.0 Å². The molecule has 0 radical (unpaired) electrons. The first-order valence-corrected chi connectivity index (χ1v) is 6.50. The predicted octanol–water partition coefficient (Wildman–Crippen LogP) is 1.94. The lowest BCUT2D eigenvalue weighted by Crippen LogP contribution is -2.24. The van der Waals surface area contributed by atoms with Crippen LogP contribution in [0.25, 0.3) is 0 Å². The van der Waals surface area contributed by atoms with E-state index in [9.17, 15) is 4.79 Å². The van der Waals surface area contributed by atoms with Crippen molar-refractivity contribution < 1.29 is 4.79 Å². The molecule has 0 aromatic carbocycles. The van der Waals surface area contributed by atoms with E-state index in [0.29, 0.717) is 18.2 Å². The lowest BCUT2D eigenvalue weighted by molar-refractivity contribution is 0.0756. The highest BCUT2D eigenvalue weighted by Crippen LogP contribution is 2.30. The van der Waals surface area contributed by atoms with E-state index in [4.69, 9.17) is 5.73 Å². The minimum absolute atomic E-state index is 0.0822. The molecule has 0 bridgehead atoms. The van der Waals surface area contributed by atoms with Crippen LogP contribution in [-0.4, -0.2) is 15.8 Å². The third-order valence-electron chi connectivity index (χ3n) is 2.49. The molecule has 4 nitrogen and oxygen atoms in total. The number of rotatable bonds is 1. The van der Waals surface area contributed by atoms with E-state index in [1.54, 1.807) is 4.90 Å². The fourth-order valence-corrected chi connectivity index (χ4v) is 3.31. The smallest absolute Gasteiger partial charge is 0.264 e. The molecule has 1 aliphatic rings. The maximum absolute atomic E-state index is 12.0. The molecule has 2 N–H and O–H groups in total. The summed E-state index contributed by atoms with van der Waals surface area (Å²) in [6.07, 6.45) is 0. The fourth-order valence-electron chi connectivity index (χ4n) is 1.76. The largest absolute Gasteiger partial charge is 0.375 e. The number of thiophene rings is 1. The summed E-state index contributed by atoms with van der Waals surface area (Å²) >= 11 is 2.94. The number of aromatic nitrogens is 1. The molecular formula is C10H9N3OS2. The van der Waals surface area contributed by atoms with E-state index in [1.807, 2.05) is 17.5 Å². The minimum atomic E-state index is 0.0822. The Morgan fingerprint density at radius 2 is 2.38 bits per heavy atom. The van der Waals surface area contributed by atoms with Crippen molar-refractivity contribution >= 4 is 33.7 Å². The lowest BCUT2D eigenvalue weighted by Gasteiger charge is -2.13. The SMILES string of the molecule is Nc1nc2c(s1)CN(C(=O)c1cccs1)C2. The number of hydrogen-bond donors (Lipinski definition) is 1. The highest BCUT2D eigenvalue weighted by Gasteiger charge is 2.27. The van der Waals surface area contributed by atoms with Crippen molar-refractivity contribution in [2.45, 2.75) is 13.1 Å². The van der Waals surface area contributed by atoms with Crippen LogP contribution < -0.4 is 5.73 Å². The number of hydrogen-bond acceptors (Lipinski definition) is 5. The van der Waals surface area contributed by atoms with Crippen LogP contribution in [0.4, 0.5) is 5.13 Å². The van der Waals surface area contributed by atoms with Gasteiger partial charge in [-0.25, -0.2) is 4.98 Å². The Kier molecular flexibility index (Phi) is 2.19. The van der Waals surface area contributed by atoms with E-state index < -0.39 is 0 Å². The van der Waals surface area contributed by atoms with Crippen LogP contribution in [0.15, 0.2) is 17.5 Å². The molecule has 0 atom stereocenters. The molecule has 0 unspecified atom stereocenters. The van der Waals surface area contributed by atoms with Gasteiger partial charge in [-0.05, 0) is 11.4 Å². The summed E-state index contributed by atoms with van der Waals surface area (Å²) in [5.74, 6) is 0.0822. The molecule has 0 spiro atoms. The van der Waals surface area contributed by atoms with E-state index in [0.717, 1.165) is 15.4 Å². The number of carbonyl (C=O) groups is 1. The minimum Gasteiger partial charge on any atom is -0.375 e. The molecule has 2 aromatic heterocycles. The van der Waals surface area contributed by atoms with E-state index in [-0.39, 0.29) is 5.91 Å². The van der Waals surface area contributed by atoms with Crippen LogP contribution in [0.5, 0.6) is 0 Å². The third kappa shape index (κ3) is 1.50. The first-order valence-electron chi connectivity index (χ1n) is 4.81. The molecule has 3 heterocycles. The summed E-state index contributed by atoms with van der Waals surface area (Å²) in [6.45, 7) is 1.22. The molecule has 16 heavy (non-hydrogen) atoms. The number of carbonyl (C=O) groups excluding carboxylic acids is 1. The fraction of sp³-hybridized carbons (Fsp3) is 0.200. The summed E-state index contributed by atoms with van der Waals surface area (Å²) in [6, 6.07) is 3.74. The first kappa shape index (κ1) is 9.80. The summed E-state index contributed by atoms with van der Waals surface area (Å²) in [7, 11) is 0. The van der Waals surface area contributed by atoms with Crippen LogP contribution in [0.3, 0.4) is 0 Å². The average Bonchev–Trinajstić information content (AvgIpc) is 2.89. The highest BCUT2D eigenvalue weighted by atomic mass is 32.1. The van der Waals surface area contributed by atoms with Crippen LogP contribution in [-0.2, 0) is 13.1 Å². The van der Waals surface area contributed by atoms with Crippen LogP contribution >= 0.6 is 22.7 Å². The number of fused-ring (bicyclic) bond motifs is 1. The number of nitrogens with zero attached hydrogens (tertiary/aromatic N) is 2. The van der Waals surface area contributed by atoms with Gasteiger partial charge in [-0.3, -0.25) is 4.79 Å². The van der Waals surface area contributed by atoms with E-state index in [2.05, 4.69) is 4.98 Å². The molecule has 0 aliphatic carbocycles. The van der Waals surface area contributed by atoms with Crippen molar-refractivity contribution in [1.29, 1.82) is 0 Å². The summed E-state index contributed by atoms with van der Waals surface area (Å²) in [5, 5.41) is 2.50. The zero-order valence-corrected chi connectivity index (χ0v) is 9.98. The van der Waals surface area contributed by atoms with Gasteiger partial charge in [-0.15, -0.1) is 22.7 Å². The number of amides is 1. The standard InChI is InChI=1S/C10H9N3OS2/c11-10-12-6-4-13(5-8(6)16-10)9(14)7-2-1-3-15-7/h1-3H,4-5H2,(H2,11,12). The van der Waals surface area contributed by atoms with Gasteiger partial charge in [-0.2, -0.15) is 0 Å². The second kappa shape index (κ2) is 3.57. The quantitative estimate of drug-likeness (QED) is 0.842.